The highest BCUT2D eigenvalue weighted by molar-refractivity contribution is 6.04. The number of nitrogens with zero attached hydrogens (tertiary/aromatic N) is 1. The molecular weight excluding hydrogens is 386 g/mol. The lowest BCUT2D eigenvalue weighted by Crippen LogP contribution is -2.45. The number of amides is 2. The molecule has 0 spiro atoms. The molecule has 2 fully saturated rings. The van der Waals surface area contributed by atoms with Gasteiger partial charge >= 0.3 is 0 Å². The first-order valence-electron chi connectivity index (χ1n) is 10.2. The van der Waals surface area contributed by atoms with Gasteiger partial charge in [-0.3, -0.25) is 9.59 Å². The van der Waals surface area contributed by atoms with Gasteiger partial charge in [-0.25, -0.2) is 0 Å². The molecule has 0 atom stereocenters. The van der Waals surface area contributed by atoms with E-state index >= 15 is 0 Å². The summed E-state index contributed by atoms with van der Waals surface area (Å²) in [5, 5.41) is 6.51. The molecule has 1 saturated heterocycles. The van der Waals surface area contributed by atoms with Crippen molar-refractivity contribution < 1.29 is 9.59 Å². The summed E-state index contributed by atoms with van der Waals surface area (Å²) in [7, 11) is 0. The fourth-order valence-electron chi connectivity index (χ4n) is 3.61. The first-order chi connectivity index (χ1) is 13.7. The van der Waals surface area contributed by atoms with Gasteiger partial charge in [-0.05, 0) is 74.5 Å². The SMILES string of the molecule is Cl.O=C(Nc1ccc(C(=O)N2CCC(NCC3CC3)CC2)cc1)c1ccccc1. The fourth-order valence-corrected chi connectivity index (χ4v) is 3.61. The Morgan fingerprint density at radius 2 is 1.52 bits per heavy atom. The zero-order chi connectivity index (χ0) is 19.3. The quantitative estimate of drug-likeness (QED) is 0.753. The largest absolute Gasteiger partial charge is 0.339 e. The number of likely N-dealkylation sites (tertiary alicyclic amines) is 1. The minimum absolute atomic E-state index is 0. The van der Waals surface area contributed by atoms with Gasteiger partial charge in [-0.15, -0.1) is 12.4 Å². The van der Waals surface area contributed by atoms with Gasteiger partial charge in [0.2, 0.25) is 0 Å². The molecule has 1 aliphatic carbocycles. The zero-order valence-electron chi connectivity index (χ0n) is 16.5. The van der Waals surface area contributed by atoms with Gasteiger partial charge in [0.1, 0.15) is 0 Å². The van der Waals surface area contributed by atoms with Crippen molar-refractivity contribution in [2.45, 2.75) is 31.7 Å². The van der Waals surface area contributed by atoms with E-state index in [9.17, 15) is 9.59 Å². The second-order valence-electron chi connectivity index (χ2n) is 7.82. The Morgan fingerprint density at radius 3 is 2.14 bits per heavy atom. The summed E-state index contributed by atoms with van der Waals surface area (Å²) in [6.07, 6.45) is 4.77. The second-order valence-corrected chi connectivity index (χ2v) is 7.82. The van der Waals surface area contributed by atoms with Crippen molar-refractivity contribution in [2.24, 2.45) is 5.92 Å². The Labute approximate surface area is 178 Å². The highest BCUT2D eigenvalue weighted by Crippen LogP contribution is 2.28. The highest BCUT2D eigenvalue weighted by atomic mass is 35.5. The van der Waals surface area contributed by atoms with E-state index in [0.29, 0.717) is 22.9 Å². The van der Waals surface area contributed by atoms with Crippen molar-refractivity contribution >= 4 is 29.9 Å². The van der Waals surface area contributed by atoms with Gasteiger partial charge in [0.25, 0.3) is 11.8 Å². The number of hydrogen-bond acceptors (Lipinski definition) is 3. The molecule has 0 aromatic heterocycles. The maximum absolute atomic E-state index is 12.8. The molecule has 154 valence electrons. The van der Waals surface area contributed by atoms with Crippen molar-refractivity contribution in [1.29, 1.82) is 0 Å². The van der Waals surface area contributed by atoms with Crippen LogP contribution >= 0.6 is 12.4 Å². The number of hydrogen-bond donors (Lipinski definition) is 2. The van der Waals surface area contributed by atoms with E-state index < -0.39 is 0 Å². The summed E-state index contributed by atoms with van der Waals surface area (Å²) >= 11 is 0. The Hall–Kier alpha value is -2.37. The van der Waals surface area contributed by atoms with E-state index in [0.717, 1.165) is 38.4 Å². The third kappa shape index (κ3) is 5.81. The normalized spacial score (nSPS) is 16.8. The Kier molecular flexibility index (Phi) is 7.29. The Balaban J connectivity index is 0.00000240. The molecule has 0 bridgehead atoms. The Morgan fingerprint density at radius 1 is 0.862 bits per heavy atom. The number of carbonyl (C=O) groups excluding carboxylic acids is 2. The topological polar surface area (TPSA) is 61.4 Å². The maximum Gasteiger partial charge on any atom is 0.255 e. The number of benzene rings is 2. The average Bonchev–Trinajstić information content (AvgIpc) is 3.58. The van der Waals surface area contributed by atoms with E-state index in [-0.39, 0.29) is 24.2 Å². The summed E-state index contributed by atoms with van der Waals surface area (Å²) in [6.45, 7) is 2.73. The summed E-state index contributed by atoms with van der Waals surface area (Å²) in [4.78, 5) is 26.9. The van der Waals surface area contributed by atoms with Gasteiger partial charge in [0.05, 0.1) is 0 Å². The zero-order valence-corrected chi connectivity index (χ0v) is 17.3. The lowest BCUT2D eigenvalue weighted by atomic mass is 10.0. The van der Waals surface area contributed by atoms with Gasteiger partial charge in [-0.2, -0.15) is 0 Å². The molecular formula is C23H28ClN3O2. The van der Waals surface area contributed by atoms with Crippen LogP contribution in [0.25, 0.3) is 0 Å². The number of nitrogens with one attached hydrogen (secondary N) is 2. The lowest BCUT2D eigenvalue weighted by Gasteiger charge is -2.32. The molecule has 4 rings (SSSR count). The highest BCUT2D eigenvalue weighted by Gasteiger charge is 2.26. The van der Waals surface area contributed by atoms with Gasteiger partial charge in [-0.1, -0.05) is 18.2 Å². The molecule has 29 heavy (non-hydrogen) atoms. The minimum Gasteiger partial charge on any atom is -0.339 e. The van der Waals surface area contributed by atoms with E-state index in [2.05, 4.69) is 10.6 Å². The maximum atomic E-state index is 12.8. The van der Waals surface area contributed by atoms with Crippen molar-refractivity contribution in [3.05, 3.63) is 65.7 Å². The molecule has 5 nitrogen and oxygen atoms in total. The van der Waals surface area contributed by atoms with Gasteiger partial charge in [0.15, 0.2) is 0 Å². The van der Waals surface area contributed by atoms with E-state index in [1.54, 1.807) is 36.4 Å². The van der Waals surface area contributed by atoms with E-state index in [1.807, 2.05) is 23.1 Å². The molecule has 2 aromatic rings. The van der Waals surface area contributed by atoms with Crippen LogP contribution in [0.3, 0.4) is 0 Å². The molecule has 1 aliphatic heterocycles. The van der Waals surface area contributed by atoms with Crippen LogP contribution in [0.2, 0.25) is 0 Å². The average molecular weight is 414 g/mol. The predicted octanol–water partition coefficient (Wildman–Crippen LogP) is 3.96. The first-order valence-corrected chi connectivity index (χ1v) is 10.2. The monoisotopic (exact) mass is 413 g/mol. The first kappa shape index (κ1) is 21.3. The number of piperidine rings is 1. The number of anilines is 1. The van der Waals surface area contributed by atoms with Crippen LogP contribution in [0.4, 0.5) is 5.69 Å². The van der Waals surface area contributed by atoms with Crippen LogP contribution in [0.1, 0.15) is 46.4 Å². The summed E-state index contributed by atoms with van der Waals surface area (Å²) in [5.41, 5.74) is 1.97. The van der Waals surface area contributed by atoms with Crippen LogP contribution in [-0.4, -0.2) is 42.4 Å². The summed E-state index contributed by atoms with van der Waals surface area (Å²) in [5.74, 6) is 0.808. The standard InChI is InChI=1S/C23H27N3O2.ClH/c27-22(18-4-2-1-3-5-18)25-21-10-8-19(9-11-21)23(28)26-14-12-20(13-15-26)24-16-17-6-7-17;/h1-5,8-11,17,20,24H,6-7,12-16H2,(H,25,27);1H. The predicted molar refractivity (Wildman–Crippen MR) is 118 cm³/mol. The lowest BCUT2D eigenvalue weighted by molar-refractivity contribution is 0.0705. The van der Waals surface area contributed by atoms with E-state index in [4.69, 9.17) is 0 Å². The molecule has 2 aromatic carbocycles. The third-order valence-corrected chi connectivity index (χ3v) is 5.60. The number of carbonyl (C=O) groups is 2. The summed E-state index contributed by atoms with van der Waals surface area (Å²) < 4.78 is 0. The third-order valence-electron chi connectivity index (χ3n) is 5.60. The molecule has 2 N–H and O–H groups in total. The molecule has 0 unspecified atom stereocenters. The second kappa shape index (κ2) is 9.90. The minimum atomic E-state index is -0.152. The number of rotatable bonds is 6. The van der Waals surface area contributed by atoms with Crippen LogP contribution in [0, 0.1) is 5.92 Å². The fraction of sp³-hybridized carbons (Fsp3) is 0.391. The van der Waals surface area contributed by atoms with Crippen LogP contribution in [0.5, 0.6) is 0 Å². The molecule has 2 aliphatic rings. The summed E-state index contributed by atoms with van der Waals surface area (Å²) in [6, 6.07) is 16.8. The Bertz CT molecular complexity index is 814. The van der Waals surface area contributed by atoms with Crippen molar-refractivity contribution in [1.82, 2.24) is 10.2 Å². The van der Waals surface area contributed by atoms with Crippen molar-refractivity contribution in [3.63, 3.8) is 0 Å². The molecule has 2 amide bonds. The smallest absolute Gasteiger partial charge is 0.255 e. The van der Waals surface area contributed by atoms with Crippen LogP contribution in [0.15, 0.2) is 54.6 Å². The van der Waals surface area contributed by atoms with Crippen LogP contribution in [-0.2, 0) is 0 Å². The van der Waals surface area contributed by atoms with Crippen molar-refractivity contribution in [2.75, 3.05) is 25.0 Å². The molecule has 0 radical (unpaired) electrons. The van der Waals surface area contributed by atoms with Crippen LogP contribution < -0.4 is 10.6 Å². The van der Waals surface area contributed by atoms with E-state index in [1.165, 1.54) is 12.8 Å². The molecule has 1 saturated carbocycles. The number of halogens is 1. The molecule has 6 heteroatoms. The molecule has 1 heterocycles. The van der Waals surface area contributed by atoms with Crippen molar-refractivity contribution in [3.8, 4) is 0 Å². The van der Waals surface area contributed by atoms with Gasteiger partial charge < -0.3 is 15.5 Å². The van der Waals surface area contributed by atoms with Gasteiger partial charge in [0, 0.05) is 35.9 Å².